The maximum absolute atomic E-state index is 12.6. The van der Waals surface area contributed by atoms with Gasteiger partial charge in [0, 0.05) is 25.5 Å². The lowest BCUT2D eigenvalue weighted by Crippen LogP contribution is -2.38. The molecule has 4 aliphatic rings. The largest absolute Gasteiger partial charge is 0.365 e. The molecule has 5 heteroatoms. The first-order valence-electron chi connectivity index (χ1n) is 7.69. The van der Waals surface area contributed by atoms with Gasteiger partial charge in [-0.05, 0) is 49.4 Å². The first-order valence-corrected chi connectivity index (χ1v) is 8.57. The average Bonchev–Trinajstić information content (AvgIpc) is 3.15. The molecule has 3 saturated carbocycles. The second-order valence-electron chi connectivity index (χ2n) is 6.50. The van der Waals surface area contributed by atoms with Crippen molar-refractivity contribution in [2.24, 2.45) is 23.7 Å². The quantitative estimate of drug-likeness (QED) is 0.911. The third-order valence-corrected chi connectivity index (χ3v) is 6.52. The molecule has 108 valence electrons. The van der Waals surface area contributed by atoms with E-state index in [0.717, 1.165) is 41.9 Å². The first-order chi connectivity index (χ1) is 9.76. The molecule has 2 heterocycles. The number of anilines is 1. The Morgan fingerprint density at radius 2 is 1.85 bits per heavy atom. The van der Waals surface area contributed by atoms with Gasteiger partial charge in [0.05, 0.1) is 0 Å². The molecule has 2 atom stereocenters. The Kier molecular flexibility index (Phi) is 2.98. The van der Waals surface area contributed by atoms with Crippen LogP contribution in [0.15, 0.2) is 5.38 Å². The Hall–Kier alpha value is -1.10. The van der Waals surface area contributed by atoms with Gasteiger partial charge in [0.25, 0.3) is 5.91 Å². The van der Waals surface area contributed by atoms with Crippen LogP contribution in [0, 0.1) is 23.7 Å². The monoisotopic (exact) mass is 291 g/mol. The van der Waals surface area contributed by atoms with E-state index >= 15 is 0 Å². The number of hydrogen-bond acceptors (Lipinski definition) is 4. The molecule has 0 unspecified atom stereocenters. The molecule has 1 N–H and O–H groups in total. The molecule has 1 aliphatic heterocycles. The summed E-state index contributed by atoms with van der Waals surface area (Å²) in [4.78, 5) is 19.0. The van der Waals surface area contributed by atoms with Crippen LogP contribution in [0.3, 0.4) is 0 Å². The molecule has 20 heavy (non-hydrogen) atoms. The van der Waals surface area contributed by atoms with Crippen LogP contribution < -0.4 is 5.32 Å². The summed E-state index contributed by atoms with van der Waals surface area (Å²) in [6.07, 6.45) is 5.59. The Bertz CT molecular complexity index is 501. The Morgan fingerprint density at radius 3 is 2.35 bits per heavy atom. The predicted molar refractivity (Wildman–Crippen MR) is 80.0 cm³/mol. The van der Waals surface area contributed by atoms with Crippen molar-refractivity contribution in [2.45, 2.75) is 25.7 Å². The van der Waals surface area contributed by atoms with Crippen LogP contribution in [0.25, 0.3) is 0 Å². The van der Waals surface area contributed by atoms with Crippen molar-refractivity contribution >= 4 is 22.4 Å². The second-order valence-corrected chi connectivity index (χ2v) is 7.36. The van der Waals surface area contributed by atoms with Gasteiger partial charge in [-0.2, -0.15) is 0 Å². The molecule has 1 aromatic rings. The van der Waals surface area contributed by atoms with Gasteiger partial charge in [-0.15, -0.1) is 11.3 Å². The van der Waals surface area contributed by atoms with Crippen LogP contribution in [-0.2, 0) is 0 Å². The summed E-state index contributed by atoms with van der Waals surface area (Å²) >= 11 is 1.51. The molecule has 0 aromatic carbocycles. The van der Waals surface area contributed by atoms with Gasteiger partial charge in [-0.1, -0.05) is 0 Å². The van der Waals surface area contributed by atoms with Gasteiger partial charge >= 0.3 is 0 Å². The normalized spacial score (nSPS) is 35.1. The molecule has 0 radical (unpaired) electrons. The zero-order valence-corrected chi connectivity index (χ0v) is 12.7. The summed E-state index contributed by atoms with van der Waals surface area (Å²) in [6.45, 7) is 1.94. The number of carbonyl (C=O) groups is 1. The number of hydrogen-bond donors (Lipinski definition) is 1. The fourth-order valence-electron chi connectivity index (χ4n) is 4.67. The van der Waals surface area contributed by atoms with Crippen LogP contribution in [0.2, 0.25) is 0 Å². The lowest BCUT2D eigenvalue weighted by atomic mass is 9.60. The number of fused-ring (bicyclic) bond motifs is 2. The van der Waals surface area contributed by atoms with E-state index in [9.17, 15) is 4.79 Å². The van der Waals surface area contributed by atoms with E-state index in [0.29, 0.717) is 5.69 Å². The van der Waals surface area contributed by atoms with Gasteiger partial charge in [-0.3, -0.25) is 4.79 Å². The lowest BCUT2D eigenvalue weighted by Gasteiger charge is -2.44. The molecule has 0 spiro atoms. The molecular formula is C15H21N3OS. The number of amides is 1. The van der Waals surface area contributed by atoms with E-state index in [-0.39, 0.29) is 5.91 Å². The van der Waals surface area contributed by atoms with Gasteiger partial charge in [0.15, 0.2) is 5.13 Å². The van der Waals surface area contributed by atoms with Crippen LogP contribution in [0.5, 0.6) is 0 Å². The minimum absolute atomic E-state index is 0.136. The van der Waals surface area contributed by atoms with E-state index in [2.05, 4.69) is 15.2 Å². The highest BCUT2D eigenvalue weighted by Gasteiger charge is 2.49. The van der Waals surface area contributed by atoms with Gasteiger partial charge < -0.3 is 10.2 Å². The van der Waals surface area contributed by atoms with Crippen molar-refractivity contribution in [3.8, 4) is 0 Å². The van der Waals surface area contributed by atoms with E-state index < -0.39 is 0 Å². The van der Waals surface area contributed by atoms with Crippen LogP contribution in [0.1, 0.15) is 36.2 Å². The van der Waals surface area contributed by atoms with Crippen molar-refractivity contribution in [3.05, 3.63) is 11.1 Å². The zero-order chi connectivity index (χ0) is 13.7. The molecule has 5 rings (SSSR count). The van der Waals surface area contributed by atoms with Crippen LogP contribution in [-0.4, -0.2) is 35.9 Å². The van der Waals surface area contributed by atoms with Crippen molar-refractivity contribution in [2.75, 3.05) is 25.5 Å². The summed E-state index contributed by atoms with van der Waals surface area (Å²) in [5.41, 5.74) is 0.616. The number of nitrogens with zero attached hydrogens (tertiary/aromatic N) is 2. The SMILES string of the molecule is CNc1nc(C(=O)N2C[C@@H]3C4CCC(CC4)[C@@H]3C2)cs1. The summed E-state index contributed by atoms with van der Waals surface area (Å²) < 4.78 is 0. The number of aromatic nitrogens is 1. The van der Waals surface area contributed by atoms with Crippen molar-refractivity contribution in [1.29, 1.82) is 0 Å². The molecule has 1 aromatic heterocycles. The smallest absolute Gasteiger partial charge is 0.273 e. The van der Waals surface area contributed by atoms with Crippen molar-refractivity contribution < 1.29 is 4.79 Å². The Morgan fingerprint density at radius 1 is 1.25 bits per heavy atom. The number of likely N-dealkylation sites (tertiary alicyclic amines) is 1. The van der Waals surface area contributed by atoms with Crippen LogP contribution in [0.4, 0.5) is 5.13 Å². The fraction of sp³-hybridized carbons (Fsp3) is 0.733. The maximum atomic E-state index is 12.6. The van der Waals surface area contributed by atoms with E-state index in [1.54, 1.807) is 0 Å². The third-order valence-electron chi connectivity index (χ3n) is 5.66. The molecule has 4 nitrogen and oxygen atoms in total. The highest BCUT2D eigenvalue weighted by Crippen LogP contribution is 2.51. The van der Waals surface area contributed by atoms with Crippen molar-refractivity contribution in [1.82, 2.24) is 9.88 Å². The standard InChI is InChI=1S/C15H21N3OS/c1-16-15-17-13(8-20-15)14(19)18-6-11-9-2-3-10(5-4-9)12(11)7-18/h8-12H,2-7H2,1H3,(H,16,17)/t9?,10?,11-,12+. The predicted octanol–water partition coefficient (Wildman–Crippen LogP) is 2.69. The third kappa shape index (κ3) is 1.86. The lowest BCUT2D eigenvalue weighted by molar-refractivity contribution is 0.0577. The van der Waals surface area contributed by atoms with Crippen LogP contribution >= 0.6 is 11.3 Å². The van der Waals surface area contributed by atoms with Gasteiger partial charge in [0.1, 0.15) is 5.69 Å². The molecular weight excluding hydrogens is 270 g/mol. The van der Waals surface area contributed by atoms with E-state index in [4.69, 9.17) is 0 Å². The number of nitrogens with one attached hydrogen (secondary N) is 1. The Balaban J connectivity index is 1.52. The summed E-state index contributed by atoms with van der Waals surface area (Å²) in [6, 6.07) is 0. The zero-order valence-electron chi connectivity index (χ0n) is 11.8. The molecule has 4 fully saturated rings. The number of rotatable bonds is 2. The van der Waals surface area contributed by atoms with E-state index in [1.165, 1.54) is 37.0 Å². The van der Waals surface area contributed by atoms with Gasteiger partial charge in [0.2, 0.25) is 0 Å². The first kappa shape index (κ1) is 12.6. The fourth-order valence-corrected chi connectivity index (χ4v) is 5.31. The highest BCUT2D eigenvalue weighted by atomic mass is 32.1. The topological polar surface area (TPSA) is 45.2 Å². The summed E-state index contributed by atoms with van der Waals surface area (Å²) in [5, 5.41) is 5.71. The minimum Gasteiger partial charge on any atom is -0.365 e. The summed E-state index contributed by atoms with van der Waals surface area (Å²) in [5.74, 6) is 3.44. The summed E-state index contributed by atoms with van der Waals surface area (Å²) in [7, 11) is 1.84. The van der Waals surface area contributed by atoms with E-state index in [1.807, 2.05) is 12.4 Å². The van der Waals surface area contributed by atoms with Gasteiger partial charge in [-0.25, -0.2) is 4.98 Å². The maximum Gasteiger partial charge on any atom is 0.273 e. The highest BCUT2D eigenvalue weighted by molar-refractivity contribution is 7.13. The molecule has 1 amide bonds. The molecule has 2 bridgehead atoms. The minimum atomic E-state index is 0.136. The molecule has 3 aliphatic carbocycles. The number of thiazole rings is 1. The second kappa shape index (κ2) is 4.72. The number of carbonyl (C=O) groups excluding carboxylic acids is 1. The molecule has 1 saturated heterocycles. The van der Waals surface area contributed by atoms with Crippen molar-refractivity contribution in [3.63, 3.8) is 0 Å². The Labute approximate surface area is 123 Å². The average molecular weight is 291 g/mol.